The van der Waals surface area contributed by atoms with Crippen LogP contribution in [0.15, 0.2) is 48.5 Å². The number of aromatic nitrogens is 1. The molecule has 1 heterocycles. The monoisotopic (exact) mass is 364 g/mol. The molecule has 0 aliphatic rings. The van der Waals surface area contributed by atoms with E-state index in [9.17, 15) is 18.0 Å². The van der Waals surface area contributed by atoms with Crippen molar-refractivity contribution in [3.63, 3.8) is 0 Å². The summed E-state index contributed by atoms with van der Waals surface area (Å²) in [5.41, 5.74) is 0.305. The molecule has 0 bridgehead atoms. The van der Waals surface area contributed by atoms with E-state index in [1.165, 1.54) is 28.4 Å². The van der Waals surface area contributed by atoms with E-state index in [1.54, 1.807) is 7.05 Å². The average Bonchev–Trinajstić information content (AvgIpc) is 3.03. The zero-order valence-corrected chi connectivity index (χ0v) is 14.4. The van der Waals surface area contributed by atoms with Crippen molar-refractivity contribution in [3.8, 4) is 0 Å². The van der Waals surface area contributed by atoms with Crippen molar-refractivity contribution in [1.82, 2.24) is 9.88 Å². The van der Waals surface area contributed by atoms with E-state index in [0.29, 0.717) is 0 Å². The molecule has 0 aliphatic heterocycles. The minimum atomic E-state index is -4.41. The van der Waals surface area contributed by atoms with Gasteiger partial charge in [0.25, 0.3) is 5.91 Å². The molecule has 0 aliphatic carbocycles. The van der Waals surface area contributed by atoms with Gasteiger partial charge in [0.05, 0.1) is 21.8 Å². The zero-order chi connectivity index (χ0) is 18.2. The molecular weight excluding hydrogens is 349 g/mol. The lowest BCUT2D eigenvalue weighted by atomic mass is 10.1. The van der Waals surface area contributed by atoms with E-state index in [0.717, 1.165) is 27.4 Å². The van der Waals surface area contributed by atoms with Crippen LogP contribution in [-0.4, -0.2) is 22.8 Å². The number of hydrogen-bond acceptors (Lipinski definition) is 3. The molecule has 3 rings (SSSR count). The Kier molecular flexibility index (Phi) is 4.51. The van der Waals surface area contributed by atoms with Gasteiger partial charge in [0, 0.05) is 12.6 Å². The maximum absolute atomic E-state index is 12.6. The Morgan fingerprint density at radius 2 is 1.76 bits per heavy atom. The van der Waals surface area contributed by atoms with Gasteiger partial charge in [-0.05, 0) is 43.3 Å². The van der Waals surface area contributed by atoms with Crippen LogP contribution in [0.5, 0.6) is 0 Å². The third-order valence-corrected chi connectivity index (χ3v) is 5.23. The molecule has 7 heteroatoms. The van der Waals surface area contributed by atoms with Crippen molar-refractivity contribution in [2.24, 2.45) is 0 Å². The number of benzene rings is 2. The van der Waals surface area contributed by atoms with Crippen molar-refractivity contribution < 1.29 is 18.0 Å². The molecule has 0 saturated heterocycles. The van der Waals surface area contributed by atoms with Crippen molar-refractivity contribution >= 4 is 27.5 Å². The predicted octanol–water partition coefficient (Wildman–Crippen LogP) is 5.15. The quantitative estimate of drug-likeness (QED) is 0.644. The van der Waals surface area contributed by atoms with Crippen molar-refractivity contribution in [3.05, 3.63) is 64.7 Å². The van der Waals surface area contributed by atoms with Crippen LogP contribution in [0.1, 0.15) is 33.9 Å². The van der Waals surface area contributed by atoms with Crippen LogP contribution >= 0.6 is 11.3 Å². The highest BCUT2D eigenvalue weighted by atomic mass is 32.1. The molecule has 0 spiro atoms. The Hall–Kier alpha value is -2.41. The molecule has 3 aromatic rings. The second-order valence-electron chi connectivity index (χ2n) is 5.69. The highest BCUT2D eigenvalue weighted by Gasteiger charge is 2.30. The molecule has 0 saturated carbocycles. The van der Waals surface area contributed by atoms with Crippen LogP contribution in [0, 0.1) is 0 Å². The molecule has 1 aromatic heterocycles. The number of carbonyl (C=O) groups is 1. The Morgan fingerprint density at radius 1 is 1.12 bits per heavy atom. The molecule has 130 valence electrons. The molecule has 3 nitrogen and oxygen atoms in total. The van der Waals surface area contributed by atoms with Gasteiger partial charge in [0.1, 0.15) is 5.01 Å². The first-order valence-corrected chi connectivity index (χ1v) is 8.39. The minimum absolute atomic E-state index is 0.212. The fraction of sp³-hybridized carbons (Fsp3) is 0.222. The van der Waals surface area contributed by atoms with E-state index in [-0.39, 0.29) is 17.5 Å². The topological polar surface area (TPSA) is 33.2 Å². The normalized spacial score (nSPS) is 13.0. The van der Waals surface area contributed by atoms with Crippen molar-refractivity contribution in [2.45, 2.75) is 19.1 Å². The molecule has 0 N–H and O–H groups in total. The number of amides is 1. The second-order valence-corrected chi connectivity index (χ2v) is 6.75. The first-order valence-electron chi connectivity index (χ1n) is 7.57. The second kappa shape index (κ2) is 6.48. The van der Waals surface area contributed by atoms with Gasteiger partial charge in [-0.15, -0.1) is 11.3 Å². The van der Waals surface area contributed by atoms with Crippen molar-refractivity contribution in [2.75, 3.05) is 7.05 Å². The summed E-state index contributed by atoms with van der Waals surface area (Å²) in [7, 11) is 1.62. The molecule has 0 radical (unpaired) electrons. The third kappa shape index (κ3) is 3.51. The Bertz CT molecular complexity index is 870. The fourth-order valence-electron chi connectivity index (χ4n) is 2.42. The zero-order valence-electron chi connectivity index (χ0n) is 13.5. The number of carbonyl (C=O) groups excluding carboxylic acids is 1. The summed E-state index contributed by atoms with van der Waals surface area (Å²) in [5, 5.41) is 0.781. The Labute approximate surface area is 146 Å². The van der Waals surface area contributed by atoms with Gasteiger partial charge in [0.15, 0.2) is 0 Å². The summed E-state index contributed by atoms with van der Waals surface area (Å²) >= 11 is 1.50. The first-order chi connectivity index (χ1) is 11.8. The van der Waals surface area contributed by atoms with Gasteiger partial charge in [-0.1, -0.05) is 12.1 Å². The van der Waals surface area contributed by atoms with Crippen LogP contribution in [0.4, 0.5) is 13.2 Å². The number of para-hydroxylation sites is 1. The molecule has 25 heavy (non-hydrogen) atoms. The van der Waals surface area contributed by atoms with Crippen molar-refractivity contribution in [1.29, 1.82) is 0 Å². The number of fused-ring (bicyclic) bond motifs is 1. The number of rotatable bonds is 3. The smallest absolute Gasteiger partial charge is 0.333 e. The number of nitrogens with zero attached hydrogens (tertiary/aromatic N) is 2. The molecular formula is C18H15F3N2OS. The predicted molar refractivity (Wildman–Crippen MR) is 91.6 cm³/mol. The summed E-state index contributed by atoms with van der Waals surface area (Å²) < 4.78 is 38.9. The van der Waals surface area contributed by atoms with Crippen LogP contribution in [0.2, 0.25) is 0 Å². The number of alkyl halides is 3. The minimum Gasteiger partial charge on any atom is -0.333 e. The number of halogens is 3. The van der Waals surface area contributed by atoms with E-state index in [4.69, 9.17) is 0 Å². The Morgan fingerprint density at radius 3 is 2.36 bits per heavy atom. The molecule has 1 atom stereocenters. The SMILES string of the molecule is C[C@H](c1nc2ccccc2s1)N(C)C(=O)c1ccc(C(F)(F)F)cc1. The standard InChI is InChI=1S/C18H15F3N2OS/c1-11(16-22-14-5-3-4-6-15(14)25-16)23(2)17(24)12-7-9-13(10-8-12)18(19,20)21/h3-11H,1-2H3/t11-/m1/s1. The van der Waals surface area contributed by atoms with E-state index in [2.05, 4.69) is 4.98 Å². The van der Waals surface area contributed by atoms with Crippen LogP contribution in [0.3, 0.4) is 0 Å². The maximum atomic E-state index is 12.6. The summed E-state index contributed by atoms with van der Waals surface area (Å²) in [6, 6.07) is 11.6. The van der Waals surface area contributed by atoms with Gasteiger partial charge in [0.2, 0.25) is 0 Å². The summed E-state index contributed by atoms with van der Waals surface area (Å²) in [5.74, 6) is -0.347. The van der Waals surface area contributed by atoms with E-state index < -0.39 is 11.7 Å². The van der Waals surface area contributed by atoms with Gasteiger partial charge < -0.3 is 4.90 Å². The first kappa shape index (κ1) is 17.4. The highest BCUT2D eigenvalue weighted by molar-refractivity contribution is 7.18. The average molecular weight is 364 g/mol. The molecule has 1 amide bonds. The third-order valence-electron chi connectivity index (χ3n) is 4.03. The lowest BCUT2D eigenvalue weighted by Crippen LogP contribution is -2.29. The van der Waals surface area contributed by atoms with Crippen LogP contribution < -0.4 is 0 Å². The van der Waals surface area contributed by atoms with E-state index >= 15 is 0 Å². The molecule has 0 fully saturated rings. The maximum Gasteiger partial charge on any atom is 0.416 e. The summed E-state index contributed by atoms with van der Waals surface area (Å²) in [6.45, 7) is 1.85. The van der Waals surface area contributed by atoms with Gasteiger partial charge in [-0.2, -0.15) is 13.2 Å². The summed E-state index contributed by atoms with van der Waals surface area (Å²) in [4.78, 5) is 18.6. The fourth-order valence-corrected chi connectivity index (χ4v) is 3.48. The number of hydrogen-bond donors (Lipinski definition) is 0. The lowest BCUT2D eigenvalue weighted by molar-refractivity contribution is -0.137. The largest absolute Gasteiger partial charge is 0.416 e. The van der Waals surface area contributed by atoms with E-state index in [1.807, 2.05) is 31.2 Å². The van der Waals surface area contributed by atoms with Gasteiger partial charge >= 0.3 is 6.18 Å². The molecule has 2 aromatic carbocycles. The van der Waals surface area contributed by atoms with Crippen LogP contribution in [0.25, 0.3) is 10.2 Å². The summed E-state index contributed by atoms with van der Waals surface area (Å²) in [6.07, 6.45) is -4.41. The van der Waals surface area contributed by atoms with Gasteiger partial charge in [-0.3, -0.25) is 4.79 Å². The van der Waals surface area contributed by atoms with Crippen LogP contribution in [-0.2, 0) is 6.18 Å². The van der Waals surface area contributed by atoms with Gasteiger partial charge in [-0.25, -0.2) is 4.98 Å². The Balaban J connectivity index is 1.81. The number of thiazole rings is 1. The highest BCUT2D eigenvalue weighted by Crippen LogP contribution is 2.31. The lowest BCUT2D eigenvalue weighted by Gasteiger charge is -2.23. The molecule has 0 unspecified atom stereocenters.